The first-order valence-corrected chi connectivity index (χ1v) is 6.49. The minimum absolute atomic E-state index is 0.0938. The second-order valence-electron chi connectivity index (χ2n) is 4.89. The van der Waals surface area contributed by atoms with Crippen molar-refractivity contribution in [2.45, 2.75) is 18.5 Å². The quantitative estimate of drug-likeness (QED) is 0.680. The van der Waals surface area contributed by atoms with Gasteiger partial charge in [-0.3, -0.25) is 4.79 Å². The second kappa shape index (κ2) is 6.65. The molecule has 4 N–H and O–H groups in total. The molecule has 1 aliphatic heterocycles. The molecular formula is C14H20N2O3. The molecule has 2 rings (SSSR count). The molecule has 1 saturated heterocycles. The Hall–Kier alpha value is -1.43. The van der Waals surface area contributed by atoms with Gasteiger partial charge >= 0.3 is 0 Å². The number of carbonyl (C=O) groups is 1. The number of ether oxygens (including phenoxy) is 1. The Kier molecular flexibility index (Phi) is 4.90. The van der Waals surface area contributed by atoms with Crippen LogP contribution in [-0.4, -0.2) is 42.9 Å². The number of benzene rings is 1. The zero-order valence-electron chi connectivity index (χ0n) is 10.8. The van der Waals surface area contributed by atoms with E-state index in [1.54, 1.807) is 0 Å². The van der Waals surface area contributed by atoms with E-state index in [1.807, 2.05) is 30.3 Å². The van der Waals surface area contributed by atoms with Crippen LogP contribution in [0.4, 0.5) is 0 Å². The zero-order chi connectivity index (χ0) is 13.7. The molecule has 0 radical (unpaired) electrons. The number of nitrogens with one attached hydrogen (secondary N) is 1. The average molecular weight is 264 g/mol. The number of hydrogen-bond donors (Lipinski definition) is 3. The summed E-state index contributed by atoms with van der Waals surface area (Å²) in [7, 11) is 0. The van der Waals surface area contributed by atoms with Crippen LogP contribution in [0.1, 0.15) is 5.56 Å². The Labute approximate surface area is 112 Å². The van der Waals surface area contributed by atoms with Crippen LogP contribution >= 0.6 is 0 Å². The second-order valence-corrected chi connectivity index (χ2v) is 4.89. The third kappa shape index (κ3) is 3.76. The number of aliphatic hydroxyl groups excluding tert-OH is 1. The van der Waals surface area contributed by atoms with Crippen molar-refractivity contribution < 1.29 is 14.6 Å². The molecule has 19 heavy (non-hydrogen) atoms. The summed E-state index contributed by atoms with van der Waals surface area (Å²) in [4.78, 5) is 12.0. The highest BCUT2D eigenvalue weighted by Crippen LogP contribution is 2.12. The van der Waals surface area contributed by atoms with Crippen molar-refractivity contribution in [2.24, 2.45) is 11.7 Å². The van der Waals surface area contributed by atoms with Gasteiger partial charge in [0.25, 0.3) is 0 Å². The van der Waals surface area contributed by atoms with Gasteiger partial charge in [0.1, 0.15) is 0 Å². The molecule has 5 heteroatoms. The van der Waals surface area contributed by atoms with Gasteiger partial charge in [-0.05, 0) is 12.0 Å². The maximum absolute atomic E-state index is 12.0. The van der Waals surface area contributed by atoms with Crippen molar-refractivity contribution >= 4 is 5.91 Å². The summed E-state index contributed by atoms with van der Waals surface area (Å²) in [6, 6.07) is 9.21. The van der Waals surface area contributed by atoms with E-state index in [1.165, 1.54) is 0 Å². The lowest BCUT2D eigenvalue weighted by atomic mass is 10.0. The van der Waals surface area contributed by atoms with Crippen molar-refractivity contribution in [3.05, 3.63) is 35.9 Å². The summed E-state index contributed by atoms with van der Waals surface area (Å²) in [5.41, 5.74) is 6.88. The fraction of sp³-hybridized carbons (Fsp3) is 0.500. The molecule has 3 atom stereocenters. The van der Waals surface area contributed by atoms with Crippen LogP contribution in [0.25, 0.3) is 0 Å². The van der Waals surface area contributed by atoms with Crippen LogP contribution in [0.5, 0.6) is 0 Å². The molecule has 1 heterocycles. The number of carbonyl (C=O) groups excluding carboxylic acids is 1. The van der Waals surface area contributed by atoms with Crippen LogP contribution in [0.3, 0.4) is 0 Å². The smallest absolute Gasteiger partial charge is 0.227 e. The third-order valence-electron chi connectivity index (χ3n) is 3.35. The van der Waals surface area contributed by atoms with Crippen LogP contribution in [-0.2, 0) is 16.0 Å². The summed E-state index contributed by atoms with van der Waals surface area (Å²) in [5, 5.41) is 12.2. The summed E-state index contributed by atoms with van der Waals surface area (Å²) in [6.45, 7) is 0.681. The molecule has 0 saturated carbocycles. The Morgan fingerprint density at radius 3 is 2.74 bits per heavy atom. The monoisotopic (exact) mass is 264 g/mol. The van der Waals surface area contributed by atoms with E-state index in [9.17, 15) is 9.90 Å². The molecule has 1 aromatic rings. The Morgan fingerprint density at radius 1 is 1.42 bits per heavy atom. The first-order chi connectivity index (χ1) is 9.20. The summed E-state index contributed by atoms with van der Waals surface area (Å²) in [6.07, 6.45) is 0.603. The number of aliphatic hydroxyl groups is 1. The van der Waals surface area contributed by atoms with Crippen LogP contribution in [0.2, 0.25) is 0 Å². The first kappa shape index (κ1) is 14.0. The standard InChI is InChI=1S/C14H20N2O3/c15-13-9-19-8-12(13)14(18)16-11(7-17)6-10-4-2-1-3-5-10/h1-5,11-13,17H,6-9,15H2,(H,16,18)/t11-,12?,13?/m0/s1. The largest absolute Gasteiger partial charge is 0.394 e. The van der Waals surface area contributed by atoms with Gasteiger partial charge in [0, 0.05) is 6.04 Å². The minimum atomic E-state index is -0.315. The van der Waals surface area contributed by atoms with E-state index < -0.39 is 0 Å². The Morgan fingerprint density at radius 2 is 2.16 bits per heavy atom. The molecule has 0 spiro atoms. The SMILES string of the molecule is NC1COCC1C(=O)N[C@H](CO)Cc1ccccc1. The number of nitrogens with two attached hydrogens (primary N) is 1. The lowest BCUT2D eigenvalue weighted by molar-refractivity contribution is -0.126. The van der Waals surface area contributed by atoms with Crippen molar-refractivity contribution in [3.8, 4) is 0 Å². The third-order valence-corrected chi connectivity index (χ3v) is 3.35. The first-order valence-electron chi connectivity index (χ1n) is 6.49. The number of hydrogen-bond acceptors (Lipinski definition) is 4. The number of amides is 1. The highest BCUT2D eigenvalue weighted by atomic mass is 16.5. The van der Waals surface area contributed by atoms with Gasteiger partial charge in [0.2, 0.25) is 5.91 Å². The van der Waals surface area contributed by atoms with Crippen LogP contribution in [0, 0.1) is 5.92 Å². The summed E-state index contributed by atoms with van der Waals surface area (Å²) < 4.78 is 5.18. The molecule has 1 aromatic carbocycles. The van der Waals surface area contributed by atoms with Gasteiger partial charge < -0.3 is 20.9 Å². The predicted octanol–water partition coefficient (Wildman–Crippen LogP) is -0.320. The maximum atomic E-state index is 12.0. The number of rotatable bonds is 5. The minimum Gasteiger partial charge on any atom is -0.394 e. The van der Waals surface area contributed by atoms with Gasteiger partial charge in [-0.25, -0.2) is 0 Å². The molecule has 0 bridgehead atoms. The highest BCUT2D eigenvalue weighted by Gasteiger charge is 2.32. The van der Waals surface area contributed by atoms with Crippen molar-refractivity contribution in [3.63, 3.8) is 0 Å². The lowest BCUT2D eigenvalue weighted by Crippen LogP contribution is -2.47. The predicted molar refractivity (Wildman–Crippen MR) is 71.4 cm³/mol. The fourth-order valence-corrected chi connectivity index (χ4v) is 2.21. The van der Waals surface area contributed by atoms with E-state index in [2.05, 4.69) is 5.32 Å². The highest BCUT2D eigenvalue weighted by molar-refractivity contribution is 5.80. The van der Waals surface area contributed by atoms with E-state index in [4.69, 9.17) is 10.5 Å². The Balaban J connectivity index is 1.90. The molecule has 5 nitrogen and oxygen atoms in total. The summed E-state index contributed by atoms with van der Waals surface area (Å²) in [5.74, 6) is -0.454. The zero-order valence-corrected chi connectivity index (χ0v) is 10.8. The van der Waals surface area contributed by atoms with Crippen LogP contribution in [0.15, 0.2) is 30.3 Å². The van der Waals surface area contributed by atoms with Crippen LogP contribution < -0.4 is 11.1 Å². The van der Waals surface area contributed by atoms with Gasteiger partial charge in [-0.1, -0.05) is 30.3 Å². The van der Waals surface area contributed by atoms with Gasteiger partial charge in [-0.2, -0.15) is 0 Å². The molecule has 104 valence electrons. The fourth-order valence-electron chi connectivity index (χ4n) is 2.21. The van der Waals surface area contributed by atoms with Crippen molar-refractivity contribution in [1.82, 2.24) is 5.32 Å². The van der Waals surface area contributed by atoms with E-state index in [-0.39, 0.29) is 30.5 Å². The van der Waals surface area contributed by atoms with Crippen molar-refractivity contribution in [2.75, 3.05) is 19.8 Å². The summed E-state index contributed by atoms with van der Waals surface area (Å²) >= 11 is 0. The normalized spacial score (nSPS) is 24.1. The maximum Gasteiger partial charge on any atom is 0.227 e. The molecule has 0 aromatic heterocycles. The molecule has 1 aliphatic rings. The molecule has 1 fully saturated rings. The topological polar surface area (TPSA) is 84.6 Å². The molecule has 1 amide bonds. The average Bonchev–Trinajstić information content (AvgIpc) is 2.85. The molecular weight excluding hydrogens is 244 g/mol. The van der Waals surface area contributed by atoms with Gasteiger partial charge in [0.15, 0.2) is 0 Å². The van der Waals surface area contributed by atoms with Crippen molar-refractivity contribution in [1.29, 1.82) is 0 Å². The van der Waals surface area contributed by atoms with Gasteiger partial charge in [-0.15, -0.1) is 0 Å². The van der Waals surface area contributed by atoms with E-state index in [0.29, 0.717) is 19.6 Å². The van der Waals surface area contributed by atoms with E-state index >= 15 is 0 Å². The van der Waals surface area contributed by atoms with E-state index in [0.717, 1.165) is 5.56 Å². The molecule has 0 aliphatic carbocycles. The Bertz CT molecular complexity index is 410. The molecule has 2 unspecified atom stereocenters. The lowest BCUT2D eigenvalue weighted by Gasteiger charge is -2.20. The van der Waals surface area contributed by atoms with Gasteiger partial charge in [0.05, 0.1) is 31.8 Å².